The molecule has 23 heavy (non-hydrogen) atoms. The van der Waals surface area contributed by atoms with E-state index < -0.39 is 0 Å². The van der Waals surface area contributed by atoms with Crippen molar-refractivity contribution in [3.8, 4) is 11.5 Å². The molecule has 0 aromatic heterocycles. The third kappa shape index (κ3) is 1.66. The van der Waals surface area contributed by atoms with Crippen LogP contribution >= 0.6 is 0 Å². The average molecular weight is 296 g/mol. The van der Waals surface area contributed by atoms with Gasteiger partial charge in [0.05, 0.1) is 5.56 Å². The maximum absolute atomic E-state index is 13.1. The van der Waals surface area contributed by atoms with E-state index >= 15 is 0 Å². The van der Waals surface area contributed by atoms with Gasteiger partial charge in [-0.2, -0.15) is 0 Å². The Morgan fingerprint density at radius 3 is 2.35 bits per heavy atom. The fourth-order valence-electron chi connectivity index (χ4n) is 3.37. The van der Waals surface area contributed by atoms with Gasteiger partial charge in [-0.15, -0.1) is 0 Å². The number of carbonyl (C=O) groups excluding carboxylic acids is 1. The first-order chi connectivity index (χ1) is 11.3. The third-order valence-corrected chi connectivity index (χ3v) is 4.45. The molecule has 4 aromatic carbocycles. The number of benzene rings is 4. The molecule has 0 radical (unpaired) electrons. The Morgan fingerprint density at radius 1 is 0.652 bits per heavy atom. The Kier molecular flexibility index (Phi) is 2.39. The molecule has 0 N–H and O–H groups in total. The Labute approximate surface area is 132 Å². The summed E-state index contributed by atoms with van der Waals surface area (Å²) in [6.45, 7) is 0. The number of ketones is 1. The number of hydrogen-bond acceptors (Lipinski definition) is 2. The minimum absolute atomic E-state index is 0.0151. The SMILES string of the molecule is O=C1c2ccc3ccccc3c2Oc2cccc3cccc1c23. The molecule has 0 fully saturated rings. The molecule has 0 saturated carbocycles. The first kappa shape index (κ1) is 12.4. The quantitative estimate of drug-likeness (QED) is 0.386. The second-order valence-corrected chi connectivity index (χ2v) is 5.75. The smallest absolute Gasteiger partial charge is 0.197 e. The summed E-state index contributed by atoms with van der Waals surface area (Å²) in [6.07, 6.45) is 0. The van der Waals surface area contributed by atoms with Gasteiger partial charge in [0.2, 0.25) is 0 Å². The van der Waals surface area contributed by atoms with Crippen molar-refractivity contribution in [3.05, 3.63) is 83.9 Å². The van der Waals surface area contributed by atoms with Gasteiger partial charge in [0.15, 0.2) is 5.78 Å². The van der Waals surface area contributed by atoms with Crippen molar-refractivity contribution in [1.82, 2.24) is 0 Å². The van der Waals surface area contributed by atoms with Gasteiger partial charge in [-0.25, -0.2) is 0 Å². The van der Waals surface area contributed by atoms with Crippen LogP contribution in [0.5, 0.6) is 11.5 Å². The zero-order valence-electron chi connectivity index (χ0n) is 12.2. The van der Waals surface area contributed by atoms with Crippen LogP contribution < -0.4 is 4.74 Å². The predicted octanol–water partition coefficient (Wildman–Crippen LogP) is 5.33. The molecule has 4 aromatic rings. The molecule has 5 rings (SSSR count). The van der Waals surface area contributed by atoms with Gasteiger partial charge in [0.1, 0.15) is 11.5 Å². The monoisotopic (exact) mass is 296 g/mol. The van der Waals surface area contributed by atoms with Crippen LogP contribution in [-0.2, 0) is 0 Å². The van der Waals surface area contributed by atoms with Crippen LogP contribution in [0.25, 0.3) is 21.5 Å². The fraction of sp³-hybridized carbons (Fsp3) is 0. The molecule has 0 saturated heterocycles. The summed E-state index contributed by atoms with van der Waals surface area (Å²) in [4.78, 5) is 13.1. The number of fused-ring (bicyclic) bond motifs is 3. The third-order valence-electron chi connectivity index (χ3n) is 4.45. The zero-order chi connectivity index (χ0) is 15.4. The van der Waals surface area contributed by atoms with Crippen LogP contribution in [0.4, 0.5) is 0 Å². The van der Waals surface area contributed by atoms with Gasteiger partial charge in [-0.3, -0.25) is 4.79 Å². The van der Waals surface area contributed by atoms with E-state index in [0.717, 1.165) is 27.3 Å². The predicted molar refractivity (Wildman–Crippen MR) is 91.4 cm³/mol. The molecule has 108 valence electrons. The number of carbonyl (C=O) groups is 1. The summed E-state index contributed by atoms with van der Waals surface area (Å²) in [5.74, 6) is 1.40. The van der Waals surface area contributed by atoms with E-state index in [1.165, 1.54) is 0 Å². The second-order valence-electron chi connectivity index (χ2n) is 5.75. The zero-order valence-corrected chi connectivity index (χ0v) is 12.2. The number of rotatable bonds is 0. The minimum Gasteiger partial charge on any atom is -0.455 e. The molecule has 0 spiro atoms. The summed E-state index contributed by atoms with van der Waals surface area (Å²) in [6, 6.07) is 23.5. The molecule has 0 bridgehead atoms. The summed E-state index contributed by atoms with van der Waals surface area (Å²) >= 11 is 0. The standard InChI is InChI=1S/C21H12O2/c22-20-16-9-3-6-14-7-4-10-18(19(14)16)23-21-15-8-2-1-5-13(15)11-12-17(20)21/h1-12H. The van der Waals surface area contributed by atoms with Crippen molar-refractivity contribution in [1.29, 1.82) is 0 Å². The Balaban J connectivity index is 1.94. The summed E-state index contributed by atoms with van der Waals surface area (Å²) in [5.41, 5.74) is 1.32. The van der Waals surface area contributed by atoms with Gasteiger partial charge in [-0.1, -0.05) is 60.7 Å². The van der Waals surface area contributed by atoms with Crippen molar-refractivity contribution in [2.75, 3.05) is 0 Å². The molecule has 1 aliphatic rings. The van der Waals surface area contributed by atoms with Crippen LogP contribution in [0.1, 0.15) is 15.9 Å². The molecule has 2 nitrogen and oxygen atoms in total. The van der Waals surface area contributed by atoms with Gasteiger partial charge in [0.25, 0.3) is 0 Å². The van der Waals surface area contributed by atoms with Gasteiger partial charge in [-0.05, 0) is 22.9 Å². The number of ether oxygens (including phenoxy) is 1. The van der Waals surface area contributed by atoms with Crippen LogP contribution in [0, 0.1) is 0 Å². The van der Waals surface area contributed by atoms with E-state index in [1.807, 2.05) is 72.8 Å². The molecule has 0 amide bonds. The van der Waals surface area contributed by atoms with Crippen molar-refractivity contribution >= 4 is 27.3 Å². The maximum atomic E-state index is 13.1. The van der Waals surface area contributed by atoms with E-state index in [9.17, 15) is 4.79 Å². The highest BCUT2D eigenvalue weighted by Gasteiger charge is 2.25. The van der Waals surface area contributed by atoms with Gasteiger partial charge < -0.3 is 4.74 Å². The highest BCUT2D eigenvalue weighted by molar-refractivity contribution is 6.21. The van der Waals surface area contributed by atoms with E-state index in [0.29, 0.717) is 16.9 Å². The average Bonchev–Trinajstić information content (AvgIpc) is 2.72. The lowest BCUT2D eigenvalue weighted by Crippen LogP contribution is -2.01. The Hall–Kier alpha value is -3.13. The van der Waals surface area contributed by atoms with Crippen molar-refractivity contribution in [2.45, 2.75) is 0 Å². The minimum atomic E-state index is 0.0151. The van der Waals surface area contributed by atoms with Crippen LogP contribution in [0.15, 0.2) is 72.8 Å². The Morgan fingerprint density at radius 2 is 1.43 bits per heavy atom. The highest BCUT2D eigenvalue weighted by Crippen LogP contribution is 2.42. The van der Waals surface area contributed by atoms with E-state index in [2.05, 4.69) is 0 Å². The summed E-state index contributed by atoms with van der Waals surface area (Å²) in [5, 5.41) is 3.94. The topological polar surface area (TPSA) is 26.3 Å². The molecule has 0 aliphatic carbocycles. The molecular formula is C21H12O2. The molecule has 2 heteroatoms. The summed E-state index contributed by atoms with van der Waals surface area (Å²) < 4.78 is 6.24. The van der Waals surface area contributed by atoms with Crippen molar-refractivity contribution in [3.63, 3.8) is 0 Å². The van der Waals surface area contributed by atoms with Gasteiger partial charge in [0, 0.05) is 16.3 Å². The highest BCUT2D eigenvalue weighted by atomic mass is 16.5. The molecular weight excluding hydrogens is 284 g/mol. The lowest BCUT2D eigenvalue weighted by atomic mass is 9.96. The number of hydrogen-bond donors (Lipinski definition) is 0. The molecule has 1 heterocycles. The molecule has 1 aliphatic heterocycles. The van der Waals surface area contributed by atoms with Crippen LogP contribution in [0.2, 0.25) is 0 Å². The Bertz CT molecular complexity index is 1100. The lowest BCUT2D eigenvalue weighted by Gasteiger charge is -2.11. The first-order valence-corrected chi connectivity index (χ1v) is 7.59. The molecule has 0 unspecified atom stereocenters. The maximum Gasteiger partial charge on any atom is 0.197 e. The normalized spacial score (nSPS) is 12.8. The first-order valence-electron chi connectivity index (χ1n) is 7.59. The molecule has 0 atom stereocenters. The largest absolute Gasteiger partial charge is 0.455 e. The van der Waals surface area contributed by atoms with Crippen LogP contribution in [0.3, 0.4) is 0 Å². The summed E-state index contributed by atoms with van der Waals surface area (Å²) in [7, 11) is 0. The van der Waals surface area contributed by atoms with E-state index in [4.69, 9.17) is 4.74 Å². The van der Waals surface area contributed by atoms with Crippen molar-refractivity contribution in [2.24, 2.45) is 0 Å². The van der Waals surface area contributed by atoms with Gasteiger partial charge >= 0.3 is 0 Å². The second kappa shape index (κ2) is 4.43. The lowest BCUT2D eigenvalue weighted by molar-refractivity contribution is 0.103. The fourth-order valence-corrected chi connectivity index (χ4v) is 3.37. The van der Waals surface area contributed by atoms with E-state index in [-0.39, 0.29) is 5.78 Å². The van der Waals surface area contributed by atoms with Crippen molar-refractivity contribution < 1.29 is 9.53 Å². The van der Waals surface area contributed by atoms with E-state index in [1.54, 1.807) is 0 Å². The van der Waals surface area contributed by atoms with Crippen LogP contribution in [-0.4, -0.2) is 5.78 Å².